The van der Waals surface area contributed by atoms with Crippen LogP contribution in [0.4, 0.5) is 0 Å². The SMILES string of the molecule is Cc1ccc(C(C)(OC(=O)C(C)(CC(C)(C)C)C(C)(C)C)c2ccccc2)cc1. The van der Waals surface area contributed by atoms with Crippen molar-refractivity contribution < 1.29 is 9.53 Å². The van der Waals surface area contributed by atoms with Crippen LogP contribution in [-0.2, 0) is 15.1 Å². The Morgan fingerprint density at radius 2 is 1.24 bits per heavy atom. The van der Waals surface area contributed by atoms with Gasteiger partial charge in [0.15, 0.2) is 5.60 Å². The molecule has 0 spiro atoms. The molecule has 29 heavy (non-hydrogen) atoms. The third-order valence-electron chi connectivity index (χ3n) is 6.21. The first kappa shape index (κ1) is 23.2. The number of esters is 1. The first-order valence-corrected chi connectivity index (χ1v) is 10.6. The van der Waals surface area contributed by atoms with E-state index in [1.807, 2.05) is 37.3 Å². The van der Waals surface area contributed by atoms with E-state index in [1.165, 1.54) is 5.56 Å². The van der Waals surface area contributed by atoms with Crippen molar-refractivity contribution in [2.75, 3.05) is 0 Å². The Kier molecular flexibility index (Phi) is 6.37. The zero-order valence-corrected chi connectivity index (χ0v) is 19.7. The van der Waals surface area contributed by atoms with Gasteiger partial charge in [0, 0.05) is 0 Å². The van der Waals surface area contributed by atoms with Crippen molar-refractivity contribution in [1.82, 2.24) is 0 Å². The number of ether oxygens (including phenoxy) is 1. The molecular weight excluding hydrogens is 356 g/mol. The maximum Gasteiger partial charge on any atom is 0.313 e. The van der Waals surface area contributed by atoms with Crippen LogP contribution in [0.5, 0.6) is 0 Å². The summed E-state index contributed by atoms with van der Waals surface area (Å²) in [6.07, 6.45) is 0.751. The molecule has 2 aromatic carbocycles. The zero-order valence-electron chi connectivity index (χ0n) is 19.7. The number of rotatable bonds is 5. The maximum absolute atomic E-state index is 13.8. The second-order valence-electron chi connectivity index (χ2n) is 11.0. The van der Waals surface area contributed by atoms with E-state index in [0.717, 1.165) is 17.5 Å². The molecule has 2 nitrogen and oxygen atoms in total. The van der Waals surface area contributed by atoms with Crippen molar-refractivity contribution in [2.45, 2.75) is 74.3 Å². The third-order valence-corrected chi connectivity index (χ3v) is 6.21. The summed E-state index contributed by atoms with van der Waals surface area (Å²) in [5, 5.41) is 0. The van der Waals surface area contributed by atoms with Crippen LogP contribution in [0.1, 0.15) is 78.5 Å². The number of aryl methyl sites for hydroxylation is 1. The predicted octanol–water partition coefficient (Wildman–Crippen LogP) is 7.29. The number of carbonyl (C=O) groups excluding carboxylic acids is 1. The van der Waals surface area contributed by atoms with Gasteiger partial charge in [-0.2, -0.15) is 0 Å². The molecule has 0 amide bonds. The minimum absolute atomic E-state index is 0.00799. The van der Waals surface area contributed by atoms with Gasteiger partial charge in [-0.3, -0.25) is 4.79 Å². The highest BCUT2D eigenvalue weighted by Crippen LogP contribution is 2.49. The molecule has 2 unspecified atom stereocenters. The summed E-state index contributed by atoms with van der Waals surface area (Å²) < 4.78 is 6.45. The van der Waals surface area contributed by atoms with E-state index >= 15 is 0 Å². The topological polar surface area (TPSA) is 26.3 Å². The molecule has 0 N–H and O–H groups in total. The van der Waals surface area contributed by atoms with Crippen molar-refractivity contribution in [1.29, 1.82) is 0 Å². The van der Waals surface area contributed by atoms with Gasteiger partial charge in [-0.25, -0.2) is 0 Å². The highest BCUT2D eigenvalue weighted by Gasteiger charge is 2.50. The van der Waals surface area contributed by atoms with Gasteiger partial charge >= 0.3 is 5.97 Å². The molecule has 0 saturated heterocycles. The number of hydrogen-bond acceptors (Lipinski definition) is 2. The van der Waals surface area contributed by atoms with Crippen molar-refractivity contribution in [3.63, 3.8) is 0 Å². The van der Waals surface area contributed by atoms with Crippen LogP contribution in [0, 0.1) is 23.2 Å². The Balaban J connectivity index is 2.55. The van der Waals surface area contributed by atoms with E-state index < -0.39 is 11.0 Å². The lowest BCUT2D eigenvalue weighted by Crippen LogP contribution is -2.47. The normalized spacial score (nSPS) is 16.6. The lowest BCUT2D eigenvalue weighted by atomic mass is 9.61. The summed E-state index contributed by atoms with van der Waals surface area (Å²) in [5.74, 6) is -0.146. The number of benzene rings is 2. The van der Waals surface area contributed by atoms with Gasteiger partial charge in [0.25, 0.3) is 0 Å². The predicted molar refractivity (Wildman–Crippen MR) is 122 cm³/mol. The Morgan fingerprint density at radius 3 is 1.69 bits per heavy atom. The first-order valence-electron chi connectivity index (χ1n) is 10.6. The molecule has 0 fully saturated rings. The second-order valence-corrected chi connectivity index (χ2v) is 11.0. The quantitative estimate of drug-likeness (QED) is 0.498. The first-order chi connectivity index (χ1) is 13.2. The van der Waals surface area contributed by atoms with Crippen LogP contribution in [0.2, 0.25) is 0 Å². The zero-order chi connectivity index (χ0) is 22.1. The summed E-state index contributed by atoms with van der Waals surface area (Å²) in [4.78, 5) is 13.8. The van der Waals surface area contributed by atoms with Gasteiger partial charge < -0.3 is 4.74 Å². The van der Waals surface area contributed by atoms with Gasteiger partial charge in [-0.1, -0.05) is 102 Å². The second kappa shape index (κ2) is 7.97. The number of carbonyl (C=O) groups is 1. The van der Waals surface area contributed by atoms with Crippen LogP contribution in [0.15, 0.2) is 54.6 Å². The Hall–Kier alpha value is -2.09. The van der Waals surface area contributed by atoms with E-state index in [2.05, 4.69) is 79.7 Å². The highest BCUT2D eigenvalue weighted by molar-refractivity contribution is 5.78. The molecule has 0 saturated carbocycles. The molecule has 2 heteroatoms. The third kappa shape index (κ3) is 5.10. The van der Waals surface area contributed by atoms with Gasteiger partial charge in [0.1, 0.15) is 0 Å². The van der Waals surface area contributed by atoms with Gasteiger partial charge in [0.2, 0.25) is 0 Å². The van der Waals surface area contributed by atoms with Gasteiger partial charge in [-0.05, 0) is 49.1 Å². The van der Waals surface area contributed by atoms with Crippen LogP contribution >= 0.6 is 0 Å². The highest BCUT2D eigenvalue weighted by atomic mass is 16.6. The summed E-state index contributed by atoms with van der Waals surface area (Å²) >= 11 is 0. The molecule has 0 radical (unpaired) electrons. The van der Waals surface area contributed by atoms with E-state index in [4.69, 9.17) is 4.74 Å². The molecule has 0 aliphatic heterocycles. The molecule has 0 heterocycles. The average molecular weight is 395 g/mol. The lowest BCUT2D eigenvalue weighted by Gasteiger charge is -2.45. The summed E-state index contributed by atoms with van der Waals surface area (Å²) in [5.41, 5.74) is 1.44. The van der Waals surface area contributed by atoms with Crippen LogP contribution in [-0.4, -0.2) is 5.97 Å². The molecule has 2 aromatic rings. The summed E-state index contributed by atoms with van der Waals surface area (Å²) in [6.45, 7) is 19.1. The summed E-state index contributed by atoms with van der Waals surface area (Å²) in [6, 6.07) is 18.3. The van der Waals surface area contributed by atoms with E-state index in [0.29, 0.717) is 0 Å². The maximum atomic E-state index is 13.8. The van der Waals surface area contributed by atoms with Crippen molar-refractivity contribution in [3.05, 3.63) is 71.3 Å². The molecular formula is C27H38O2. The molecule has 2 rings (SSSR count). The van der Waals surface area contributed by atoms with Crippen LogP contribution in [0.25, 0.3) is 0 Å². The molecule has 158 valence electrons. The lowest BCUT2D eigenvalue weighted by molar-refractivity contribution is -0.177. The van der Waals surface area contributed by atoms with Crippen molar-refractivity contribution >= 4 is 5.97 Å². The Labute approximate surface area is 177 Å². The molecule has 0 aromatic heterocycles. The van der Waals surface area contributed by atoms with Crippen LogP contribution < -0.4 is 0 Å². The average Bonchev–Trinajstić information content (AvgIpc) is 2.60. The fraction of sp³-hybridized carbons (Fsp3) is 0.519. The smallest absolute Gasteiger partial charge is 0.313 e. The van der Waals surface area contributed by atoms with E-state index in [9.17, 15) is 4.79 Å². The van der Waals surface area contributed by atoms with Crippen molar-refractivity contribution in [3.8, 4) is 0 Å². The monoisotopic (exact) mass is 394 g/mol. The van der Waals surface area contributed by atoms with Gasteiger partial charge in [0.05, 0.1) is 5.41 Å². The molecule has 0 aliphatic rings. The standard InChI is InChI=1S/C27H38O2/c1-20-15-17-22(18-16-20)27(9,21-13-11-10-12-14-21)29-23(28)26(8,25(5,6)7)19-24(2,3)4/h10-18H,19H2,1-9H3. The number of hydrogen-bond donors (Lipinski definition) is 0. The molecule has 0 aliphatic carbocycles. The minimum Gasteiger partial charge on any atom is -0.449 e. The molecule has 0 bridgehead atoms. The molecule has 2 atom stereocenters. The van der Waals surface area contributed by atoms with E-state index in [-0.39, 0.29) is 16.8 Å². The van der Waals surface area contributed by atoms with Gasteiger partial charge in [-0.15, -0.1) is 0 Å². The van der Waals surface area contributed by atoms with Crippen LogP contribution in [0.3, 0.4) is 0 Å². The van der Waals surface area contributed by atoms with Crippen molar-refractivity contribution in [2.24, 2.45) is 16.2 Å². The fourth-order valence-corrected chi connectivity index (χ4v) is 3.91. The largest absolute Gasteiger partial charge is 0.449 e. The Bertz CT molecular complexity index is 822. The fourth-order valence-electron chi connectivity index (χ4n) is 3.91. The summed E-state index contributed by atoms with van der Waals surface area (Å²) in [7, 11) is 0. The van der Waals surface area contributed by atoms with E-state index in [1.54, 1.807) is 0 Å². The minimum atomic E-state index is -0.851. The Morgan fingerprint density at radius 1 is 0.759 bits per heavy atom.